The number of thioether (sulfide) groups is 1. The van der Waals surface area contributed by atoms with E-state index in [1.165, 1.54) is 0 Å². The van der Waals surface area contributed by atoms with Gasteiger partial charge in [0.25, 0.3) is 0 Å². The van der Waals surface area contributed by atoms with E-state index in [0.717, 1.165) is 16.9 Å². The van der Waals surface area contributed by atoms with E-state index in [-0.39, 0.29) is 0 Å². The summed E-state index contributed by atoms with van der Waals surface area (Å²) in [4.78, 5) is 11.3. The van der Waals surface area contributed by atoms with Crippen LogP contribution in [0.3, 0.4) is 0 Å². The molecule has 0 aliphatic rings. The molecule has 0 saturated carbocycles. The predicted octanol–water partition coefficient (Wildman–Crippen LogP) is 4.22. The van der Waals surface area contributed by atoms with Gasteiger partial charge in [-0.2, -0.15) is 11.8 Å². The highest BCUT2D eigenvalue weighted by Crippen LogP contribution is 2.37. The van der Waals surface area contributed by atoms with Gasteiger partial charge in [0, 0.05) is 6.54 Å². The van der Waals surface area contributed by atoms with Crippen molar-refractivity contribution in [3.63, 3.8) is 0 Å². The summed E-state index contributed by atoms with van der Waals surface area (Å²) in [6, 6.07) is 12.8. The van der Waals surface area contributed by atoms with Gasteiger partial charge in [0.1, 0.15) is 12.6 Å². The SMILES string of the molecule is COc1cc(CNC(CCSC)C(=O)O)cc(Cl)c1OCc1ccccc1. The number of ether oxygens (including phenoxy) is 2. The molecule has 2 rings (SSSR count). The summed E-state index contributed by atoms with van der Waals surface area (Å²) < 4.78 is 11.3. The van der Waals surface area contributed by atoms with Gasteiger partial charge in [-0.25, -0.2) is 0 Å². The summed E-state index contributed by atoms with van der Waals surface area (Å²) in [5, 5.41) is 12.8. The quantitative estimate of drug-likeness (QED) is 0.579. The molecule has 146 valence electrons. The largest absolute Gasteiger partial charge is 0.493 e. The molecule has 2 aromatic rings. The maximum atomic E-state index is 11.3. The van der Waals surface area contributed by atoms with Crippen LogP contribution >= 0.6 is 23.4 Å². The summed E-state index contributed by atoms with van der Waals surface area (Å²) in [5.74, 6) is 0.917. The first-order valence-corrected chi connectivity index (χ1v) is 10.3. The normalized spacial score (nSPS) is 11.8. The molecule has 0 saturated heterocycles. The predicted molar refractivity (Wildman–Crippen MR) is 110 cm³/mol. The Balaban J connectivity index is 2.06. The lowest BCUT2D eigenvalue weighted by molar-refractivity contribution is -0.139. The fourth-order valence-corrected chi connectivity index (χ4v) is 3.29. The Morgan fingerprint density at radius 1 is 1.26 bits per heavy atom. The van der Waals surface area contributed by atoms with Crippen LogP contribution in [-0.2, 0) is 17.9 Å². The zero-order valence-corrected chi connectivity index (χ0v) is 17.0. The average molecular weight is 410 g/mol. The molecule has 0 amide bonds. The molecule has 0 heterocycles. The number of hydrogen-bond donors (Lipinski definition) is 2. The van der Waals surface area contributed by atoms with E-state index in [1.807, 2.05) is 42.7 Å². The lowest BCUT2D eigenvalue weighted by atomic mass is 10.1. The summed E-state index contributed by atoms with van der Waals surface area (Å²) in [6.45, 7) is 0.755. The molecule has 0 fully saturated rings. The molecule has 5 nitrogen and oxygen atoms in total. The number of carbonyl (C=O) groups is 1. The molecule has 0 aliphatic carbocycles. The molecule has 27 heavy (non-hydrogen) atoms. The Hall–Kier alpha value is -1.89. The van der Waals surface area contributed by atoms with Crippen molar-refractivity contribution in [3.05, 3.63) is 58.6 Å². The van der Waals surface area contributed by atoms with Gasteiger partial charge in [0.15, 0.2) is 11.5 Å². The minimum absolute atomic E-state index is 0.375. The summed E-state index contributed by atoms with van der Waals surface area (Å²) >= 11 is 8.01. The molecule has 2 aromatic carbocycles. The van der Waals surface area contributed by atoms with Crippen LogP contribution in [0.4, 0.5) is 0 Å². The van der Waals surface area contributed by atoms with E-state index < -0.39 is 12.0 Å². The van der Waals surface area contributed by atoms with Crippen molar-refractivity contribution in [2.75, 3.05) is 19.1 Å². The minimum atomic E-state index is -0.857. The van der Waals surface area contributed by atoms with Crippen molar-refractivity contribution in [1.82, 2.24) is 5.32 Å². The van der Waals surface area contributed by atoms with Crippen LogP contribution in [0.15, 0.2) is 42.5 Å². The van der Waals surface area contributed by atoms with Crippen LogP contribution in [0.2, 0.25) is 5.02 Å². The molecule has 0 radical (unpaired) electrons. The number of carboxylic acid groups (broad SMARTS) is 1. The molecule has 0 spiro atoms. The Labute approximate surface area is 169 Å². The number of benzene rings is 2. The van der Waals surface area contributed by atoms with Crippen molar-refractivity contribution in [3.8, 4) is 11.5 Å². The van der Waals surface area contributed by atoms with Gasteiger partial charge in [-0.05, 0) is 41.7 Å². The van der Waals surface area contributed by atoms with Crippen LogP contribution < -0.4 is 14.8 Å². The maximum absolute atomic E-state index is 11.3. The molecule has 1 unspecified atom stereocenters. The monoisotopic (exact) mass is 409 g/mol. The highest BCUT2D eigenvalue weighted by atomic mass is 35.5. The number of methoxy groups -OCH3 is 1. The molecule has 0 aliphatic heterocycles. The van der Waals surface area contributed by atoms with Crippen molar-refractivity contribution in [2.24, 2.45) is 0 Å². The third-order valence-electron chi connectivity index (χ3n) is 3.98. The van der Waals surface area contributed by atoms with Gasteiger partial charge in [-0.1, -0.05) is 41.9 Å². The van der Waals surface area contributed by atoms with Crippen LogP contribution in [-0.4, -0.2) is 36.2 Å². The first-order chi connectivity index (χ1) is 13.0. The Morgan fingerprint density at radius 3 is 2.63 bits per heavy atom. The van der Waals surface area contributed by atoms with Gasteiger partial charge in [-0.15, -0.1) is 0 Å². The topological polar surface area (TPSA) is 67.8 Å². The van der Waals surface area contributed by atoms with Gasteiger partial charge < -0.3 is 19.9 Å². The highest BCUT2D eigenvalue weighted by Gasteiger charge is 2.17. The summed E-state index contributed by atoms with van der Waals surface area (Å²) in [7, 11) is 1.55. The van der Waals surface area contributed by atoms with Crippen LogP contribution in [0.25, 0.3) is 0 Å². The molecule has 7 heteroatoms. The fourth-order valence-electron chi connectivity index (χ4n) is 2.53. The van der Waals surface area contributed by atoms with E-state index in [4.69, 9.17) is 21.1 Å². The number of carboxylic acids is 1. The van der Waals surface area contributed by atoms with Gasteiger partial charge in [-0.3, -0.25) is 4.79 Å². The maximum Gasteiger partial charge on any atom is 0.320 e. The van der Waals surface area contributed by atoms with E-state index in [2.05, 4.69) is 5.32 Å². The third kappa shape index (κ3) is 6.65. The fraction of sp³-hybridized carbons (Fsp3) is 0.350. The molecule has 0 aromatic heterocycles. The molecule has 1 atom stereocenters. The van der Waals surface area contributed by atoms with E-state index in [1.54, 1.807) is 24.9 Å². The van der Waals surface area contributed by atoms with Crippen molar-refractivity contribution in [1.29, 1.82) is 0 Å². The second-order valence-corrected chi connectivity index (χ2v) is 7.33. The zero-order chi connectivity index (χ0) is 19.6. The number of halogens is 1. The minimum Gasteiger partial charge on any atom is -0.493 e. The Morgan fingerprint density at radius 2 is 2.00 bits per heavy atom. The van der Waals surface area contributed by atoms with Gasteiger partial charge in [0.2, 0.25) is 0 Å². The van der Waals surface area contributed by atoms with Crippen LogP contribution in [0.1, 0.15) is 17.5 Å². The number of nitrogens with one attached hydrogen (secondary N) is 1. The highest BCUT2D eigenvalue weighted by molar-refractivity contribution is 7.98. The van der Waals surface area contributed by atoms with E-state index in [0.29, 0.717) is 36.1 Å². The Kier molecular flexibility index (Phi) is 8.78. The number of rotatable bonds is 11. The Bertz CT molecular complexity index is 742. The van der Waals surface area contributed by atoms with Crippen molar-refractivity contribution in [2.45, 2.75) is 25.6 Å². The first kappa shape index (κ1) is 21.4. The molecular weight excluding hydrogens is 386 g/mol. The smallest absolute Gasteiger partial charge is 0.320 e. The van der Waals surface area contributed by atoms with Gasteiger partial charge in [0.05, 0.1) is 12.1 Å². The average Bonchev–Trinajstić information content (AvgIpc) is 2.67. The van der Waals surface area contributed by atoms with E-state index >= 15 is 0 Å². The van der Waals surface area contributed by atoms with Crippen molar-refractivity contribution < 1.29 is 19.4 Å². The second-order valence-electron chi connectivity index (χ2n) is 5.94. The third-order valence-corrected chi connectivity index (χ3v) is 4.90. The van der Waals surface area contributed by atoms with Gasteiger partial charge >= 0.3 is 5.97 Å². The second kappa shape index (κ2) is 11.1. The zero-order valence-electron chi connectivity index (χ0n) is 15.4. The molecule has 0 bridgehead atoms. The first-order valence-electron chi connectivity index (χ1n) is 8.53. The van der Waals surface area contributed by atoms with Crippen LogP contribution in [0, 0.1) is 0 Å². The van der Waals surface area contributed by atoms with Crippen molar-refractivity contribution >= 4 is 29.3 Å². The lowest BCUT2D eigenvalue weighted by Gasteiger charge is -2.17. The van der Waals surface area contributed by atoms with E-state index in [9.17, 15) is 9.90 Å². The standard InChI is InChI=1S/C20H24ClNO4S/c1-25-18-11-15(12-22-17(20(23)24)8-9-27-2)10-16(21)19(18)26-13-14-6-4-3-5-7-14/h3-7,10-11,17,22H,8-9,12-13H2,1-2H3,(H,23,24). The van der Waals surface area contributed by atoms with Crippen LogP contribution in [0.5, 0.6) is 11.5 Å². The molecule has 2 N–H and O–H groups in total. The lowest BCUT2D eigenvalue weighted by Crippen LogP contribution is -2.36. The number of hydrogen-bond acceptors (Lipinski definition) is 5. The molecular formula is C20H24ClNO4S. The summed E-state index contributed by atoms with van der Waals surface area (Å²) in [6.07, 6.45) is 2.51. The summed E-state index contributed by atoms with van der Waals surface area (Å²) in [5.41, 5.74) is 1.86. The number of aliphatic carboxylic acids is 1.